The summed E-state index contributed by atoms with van der Waals surface area (Å²) in [5, 5.41) is 2.83. The summed E-state index contributed by atoms with van der Waals surface area (Å²) in [6, 6.07) is 11.4. The van der Waals surface area contributed by atoms with Crippen LogP contribution in [0.5, 0.6) is 0 Å². The Kier molecular flexibility index (Phi) is 3.88. The van der Waals surface area contributed by atoms with Crippen molar-refractivity contribution in [3.8, 4) is 0 Å². The molecule has 2 rings (SSSR count). The quantitative estimate of drug-likeness (QED) is 0.845. The van der Waals surface area contributed by atoms with Crippen molar-refractivity contribution in [3.05, 3.63) is 54.0 Å². The Balaban J connectivity index is 2.00. The maximum atomic E-state index is 11.7. The highest BCUT2D eigenvalue weighted by molar-refractivity contribution is 7.98. The molecule has 0 aliphatic carbocycles. The predicted molar refractivity (Wildman–Crippen MR) is 68.1 cm³/mol. The number of carbonyl (C=O) groups excluding carboxylic acids is 1. The second-order valence-electron chi connectivity index (χ2n) is 3.47. The molecule has 88 valence electrons. The number of amides is 1. The largest absolute Gasteiger partial charge is 0.459 e. The first-order chi connectivity index (χ1) is 8.31. The molecule has 1 aromatic carbocycles. The fourth-order valence-corrected chi connectivity index (χ4v) is 2.14. The smallest absolute Gasteiger partial charge is 0.287 e. The van der Waals surface area contributed by atoms with Crippen LogP contribution in [0.3, 0.4) is 0 Å². The van der Waals surface area contributed by atoms with E-state index >= 15 is 0 Å². The Labute approximate surface area is 104 Å². The maximum absolute atomic E-state index is 11.7. The fraction of sp³-hybridized carbons (Fsp3) is 0.154. The van der Waals surface area contributed by atoms with Crippen molar-refractivity contribution in [2.24, 2.45) is 0 Å². The van der Waals surface area contributed by atoms with E-state index in [1.807, 2.05) is 30.5 Å². The Morgan fingerprint density at radius 2 is 2.12 bits per heavy atom. The molecule has 1 N–H and O–H groups in total. The zero-order chi connectivity index (χ0) is 12.1. The van der Waals surface area contributed by atoms with Crippen LogP contribution in [0.4, 0.5) is 0 Å². The molecule has 2 aromatic rings. The lowest BCUT2D eigenvalue weighted by Gasteiger charge is -2.07. The molecule has 0 unspecified atom stereocenters. The van der Waals surface area contributed by atoms with Gasteiger partial charge in [-0.1, -0.05) is 18.2 Å². The lowest BCUT2D eigenvalue weighted by Crippen LogP contribution is -2.22. The number of hydrogen-bond acceptors (Lipinski definition) is 3. The van der Waals surface area contributed by atoms with Crippen LogP contribution in [0.2, 0.25) is 0 Å². The van der Waals surface area contributed by atoms with Crippen LogP contribution in [0.1, 0.15) is 16.1 Å². The van der Waals surface area contributed by atoms with E-state index in [9.17, 15) is 4.79 Å². The first-order valence-corrected chi connectivity index (χ1v) is 6.47. The highest BCUT2D eigenvalue weighted by Crippen LogP contribution is 2.19. The van der Waals surface area contributed by atoms with E-state index in [4.69, 9.17) is 4.42 Å². The molecule has 0 saturated heterocycles. The lowest BCUT2D eigenvalue weighted by atomic mass is 10.2. The zero-order valence-electron chi connectivity index (χ0n) is 9.47. The maximum Gasteiger partial charge on any atom is 0.287 e. The molecule has 1 amide bonds. The molecule has 4 heteroatoms. The summed E-state index contributed by atoms with van der Waals surface area (Å²) in [4.78, 5) is 12.8. The minimum atomic E-state index is -0.189. The van der Waals surface area contributed by atoms with Crippen LogP contribution in [0.25, 0.3) is 0 Å². The third-order valence-electron chi connectivity index (χ3n) is 2.38. The second kappa shape index (κ2) is 5.59. The summed E-state index contributed by atoms with van der Waals surface area (Å²) in [7, 11) is 0. The van der Waals surface area contributed by atoms with Gasteiger partial charge in [0.25, 0.3) is 5.91 Å². The summed E-state index contributed by atoms with van der Waals surface area (Å²) < 4.78 is 5.02. The van der Waals surface area contributed by atoms with E-state index in [2.05, 4.69) is 5.32 Å². The third-order valence-corrected chi connectivity index (χ3v) is 3.21. The van der Waals surface area contributed by atoms with Gasteiger partial charge in [-0.05, 0) is 30.0 Å². The zero-order valence-corrected chi connectivity index (χ0v) is 10.3. The summed E-state index contributed by atoms with van der Waals surface area (Å²) in [5.41, 5.74) is 1.11. The Morgan fingerprint density at radius 1 is 1.29 bits per heavy atom. The van der Waals surface area contributed by atoms with Crippen LogP contribution in [0, 0.1) is 0 Å². The molecular weight excluding hydrogens is 234 g/mol. The van der Waals surface area contributed by atoms with Gasteiger partial charge in [-0.2, -0.15) is 0 Å². The predicted octanol–water partition coefficient (Wildman–Crippen LogP) is 2.93. The molecular formula is C13H13NO2S. The molecule has 0 radical (unpaired) electrons. The Bertz CT molecular complexity index is 494. The topological polar surface area (TPSA) is 42.2 Å². The van der Waals surface area contributed by atoms with Gasteiger partial charge in [0.15, 0.2) is 5.76 Å². The molecule has 0 atom stereocenters. The number of rotatable bonds is 4. The average molecular weight is 247 g/mol. The molecule has 1 aromatic heterocycles. The van der Waals surface area contributed by atoms with Crippen molar-refractivity contribution >= 4 is 17.7 Å². The van der Waals surface area contributed by atoms with E-state index < -0.39 is 0 Å². The van der Waals surface area contributed by atoms with Crippen molar-refractivity contribution in [1.29, 1.82) is 0 Å². The summed E-state index contributed by atoms with van der Waals surface area (Å²) in [6.45, 7) is 0.510. The molecule has 1 heterocycles. The van der Waals surface area contributed by atoms with Crippen LogP contribution in [-0.4, -0.2) is 12.2 Å². The monoisotopic (exact) mass is 247 g/mol. The summed E-state index contributed by atoms with van der Waals surface area (Å²) >= 11 is 1.67. The lowest BCUT2D eigenvalue weighted by molar-refractivity contribution is 0.0923. The molecule has 0 spiro atoms. The van der Waals surface area contributed by atoms with Crippen LogP contribution in [-0.2, 0) is 6.54 Å². The first kappa shape index (κ1) is 11.8. The molecule has 0 aliphatic heterocycles. The highest BCUT2D eigenvalue weighted by atomic mass is 32.2. The van der Waals surface area contributed by atoms with Crippen molar-refractivity contribution in [3.63, 3.8) is 0 Å². The second-order valence-corrected chi connectivity index (χ2v) is 4.32. The molecule has 3 nitrogen and oxygen atoms in total. The SMILES string of the molecule is CSc1ccccc1CNC(=O)c1ccco1. The highest BCUT2D eigenvalue weighted by Gasteiger charge is 2.08. The summed E-state index contributed by atoms with van der Waals surface area (Å²) in [5.74, 6) is 0.150. The minimum absolute atomic E-state index is 0.189. The summed E-state index contributed by atoms with van der Waals surface area (Å²) in [6.07, 6.45) is 3.51. The van der Waals surface area contributed by atoms with Crippen molar-refractivity contribution < 1.29 is 9.21 Å². The first-order valence-electron chi connectivity index (χ1n) is 5.25. The minimum Gasteiger partial charge on any atom is -0.459 e. The molecule has 0 bridgehead atoms. The standard InChI is InChI=1S/C13H13NO2S/c1-17-12-7-3-2-5-10(12)9-14-13(15)11-6-4-8-16-11/h2-8H,9H2,1H3,(H,14,15). The van der Waals surface area contributed by atoms with Gasteiger partial charge in [0, 0.05) is 11.4 Å². The van der Waals surface area contributed by atoms with Crippen molar-refractivity contribution in [2.75, 3.05) is 6.26 Å². The van der Waals surface area contributed by atoms with Gasteiger partial charge < -0.3 is 9.73 Å². The van der Waals surface area contributed by atoms with E-state index in [0.29, 0.717) is 12.3 Å². The van der Waals surface area contributed by atoms with E-state index in [-0.39, 0.29) is 5.91 Å². The number of nitrogens with one attached hydrogen (secondary N) is 1. The van der Waals surface area contributed by atoms with Crippen molar-refractivity contribution in [1.82, 2.24) is 5.32 Å². The number of carbonyl (C=O) groups is 1. The van der Waals surface area contributed by atoms with E-state index in [0.717, 1.165) is 5.56 Å². The molecule has 0 fully saturated rings. The molecule has 0 aliphatic rings. The van der Waals surface area contributed by atoms with E-state index in [1.54, 1.807) is 23.9 Å². The number of hydrogen-bond donors (Lipinski definition) is 1. The van der Waals surface area contributed by atoms with Gasteiger partial charge in [0.05, 0.1) is 6.26 Å². The Morgan fingerprint density at radius 3 is 2.82 bits per heavy atom. The van der Waals surface area contributed by atoms with Crippen LogP contribution >= 0.6 is 11.8 Å². The fourth-order valence-electron chi connectivity index (χ4n) is 1.52. The van der Waals surface area contributed by atoms with Crippen molar-refractivity contribution in [2.45, 2.75) is 11.4 Å². The number of thioether (sulfide) groups is 1. The van der Waals surface area contributed by atoms with Gasteiger partial charge in [-0.15, -0.1) is 11.8 Å². The Hall–Kier alpha value is -1.68. The number of benzene rings is 1. The van der Waals surface area contributed by atoms with Crippen LogP contribution < -0.4 is 5.32 Å². The molecule has 17 heavy (non-hydrogen) atoms. The third kappa shape index (κ3) is 2.91. The normalized spacial score (nSPS) is 10.2. The van der Waals surface area contributed by atoms with Gasteiger partial charge in [0.1, 0.15) is 0 Å². The van der Waals surface area contributed by atoms with Gasteiger partial charge >= 0.3 is 0 Å². The van der Waals surface area contributed by atoms with Gasteiger partial charge in [0.2, 0.25) is 0 Å². The van der Waals surface area contributed by atoms with E-state index in [1.165, 1.54) is 11.2 Å². The van der Waals surface area contributed by atoms with Gasteiger partial charge in [-0.3, -0.25) is 4.79 Å². The van der Waals surface area contributed by atoms with Gasteiger partial charge in [-0.25, -0.2) is 0 Å². The molecule has 0 saturated carbocycles. The average Bonchev–Trinajstić information content (AvgIpc) is 2.90. The number of furan rings is 1. The van der Waals surface area contributed by atoms with Crippen LogP contribution in [0.15, 0.2) is 52.0 Å².